The van der Waals surface area contributed by atoms with E-state index in [9.17, 15) is 4.79 Å². The van der Waals surface area contributed by atoms with Crippen molar-refractivity contribution in [3.05, 3.63) is 29.5 Å². The maximum absolute atomic E-state index is 11.2. The minimum absolute atomic E-state index is 0.168. The summed E-state index contributed by atoms with van der Waals surface area (Å²) in [6, 6.07) is 2.05. The molecule has 0 saturated heterocycles. The van der Waals surface area contributed by atoms with Crippen LogP contribution in [0, 0.1) is 0 Å². The number of esters is 1. The number of hydrogen-bond donors (Lipinski definition) is 1. The van der Waals surface area contributed by atoms with Crippen molar-refractivity contribution >= 4 is 22.4 Å². The molecule has 7 heteroatoms. The number of rotatable bonds is 5. The molecular weight excluding hydrogens is 252 g/mol. The van der Waals surface area contributed by atoms with Crippen molar-refractivity contribution in [1.29, 1.82) is 0 Å². The van der Waals surface area contributed by atoms with Gasteiger partial charge in [-0.25, -0.2) is 9.78 Å². The van der Waals surface area contributed by atoms with Crippen LogP contribution in [-0.2, 0) is 11.3 Å². The average molecular weight is 266 g/mol. The topological polar surface area (TPSA) is 69.0 Å². The first kappa shape index (κ1) is 12.6. The molecule has 6 nitrogen and oxygen atoms in total. The second-order valence-electron chi connectivity index (χ2n) is 3.80. The fraction of sp³-hybridized carbons (Fsp3) is 0.364. The molecule has 0 aliphatic carbocycles. The van der Waals surface area contributed by atoms with Gasteiger partial charge in [0.05, 0.1) is 13.7 Å². The summed E-state index contributed by atoms with van der Waals surface area (Å²) in [5, 5.41) is 9.73. The lowest BCUT2D eigenvalue weighted by atomic mass is 10.3. The van der Waals surface area contributed by atoms with Gasteiger partial charge in [0.25, 0.3) is 0 Å². The monoisotopic (exact) mass is 266 g/mol. The first-order valence-electron chi connectivity index (χ1n) is 5.47. The van der Waals surface area contributed by atoms with Crippen molar-refractivity contribution in [1.82, 2.24) is 14.8 Å². The van der Waals surface area contributed by atoms with E-state index in [1.54, 1.807) is 11.6 Å². The van der Waals surface area contributed by atoms with Crippen molar-refractivity contribution < 1.29 is 9.53 Å². The Hall–Kier alpha value is -1.89. The van der Waals surface area contributed by atoms with Gasteiger partial charge in [-0.2, -0.15) is 5.10 Å². The number of nitrogens with one attached hydrogen (secondary N) is 1. The molecule has 0 spiro atoms. The summed E-state index contributed by atoms with van der Waals surface area (Å²) in [6.45, 7) is 2.76. The number of nitrogens with zero attached hydrogens (tertiary/aromatic N) is 3. The Labute approximate surface area is 109 Å². The number of carbonyl (C=O) groups excluding carboxylic acids is 1. The van der Waals surface area contributed by atoms with Gasteiger partial charge in [-0.3, -0.25) is 4.68 Å². The zero-order chi connectivity index (χ0) is 13.0. The zero-order valence-electron chi connectivity index (χ0n) is 10.2. The van der Waals surface area contributed by atoms with Crippen LogP contribution in [-0.4, -0.2) is 33.9 Å². The molecule has 1 unspecified atom stereocenters. The third-order valence-corrected chi connectivity index (χ3v) is 3.06. The number of aromatic nitrogens is 3. The molecule has 1 N–H and O–H groups in total. The largest absolute Gasteiger partial charge is 0.464 e. The molecule has 0 aliphatic rings. The lowest BCUT2D eigenvalue weighted by molar-refractivity contribution is 0.0595. The molecule has 1 atom stereocenters. The third-order valence-electron chi connectivity index (χ3n) is 2.29. The van der Waals surface area contributed by atoms with Crippen LogP contribution in [0.3, 0.4) is 0 Å². The van der Waals surface area contributed by atoms with Gasteiger partial charge in [0, 0.05) is 23.8 Å². The Morgan fingerprint density at radius 2 is 2.50 bits per heavy atom. The van der Waals surface area contributed by atoms with Crippen LogP contribution in [0.25, 0.3) is 0 Å². The SMILES string of the molecule is COC(=O)c1csc(NC(C)Cn2cccn2)n1. The Bertz CT molecular complexity index is 509. The maximum Gasteiger partial charge on any atom is 0.357 e. The summed E-state index contributed by atoms with van der Waals surface area (Å²) >= 11 is 1.38. The minimum atomic E-state index is -0.418. The van der Waals surface area contributed by atoms with Crippen LogP contribution >= 0.6 is 11.3 Å². The van der Waals surface area contributed by atoms with E-state index in [0.717, 1.165) is 6.54 Å². The highest BCUT2D eigenvalue weighted by atomic mass is 32.1. The van der Waals surface area contributed by atoms with Crippen molar-refractivity contribution in [3.8, 4) is 0 Å². The highest BCUT2D eigenvalue weighted by Crippen LogP contribution is 2.17. The number of carbonyl (C=O) groups is 1. The molecule has 2 aromatic rings. The predicted octanol–water partition coefficient (Wildman–Crippen LogP) is 1.63. The fourth-order valence-corrected chi connectivity index (χ4v) is 2.28. The normalized spacial score (nSPS) is 12.1. The van der Waals surface area contributed by atoms with Crippen LogP contribution in [0.4, 0.5) is 5.13 Å². The average Bonchev–Trinajstić information content (AvgIpc) is 2.99. The second-order valence-corrected chi connectivity index (χ2v) is 4.66. The Kier molecular flexibility index (Phi) is 3.93. The molecule has 0 saturated carbocycles. The molecule has 0 aliphatic heterocycles. The Morgan fingerprint density at radius 1 is 1.67 bits per heavy atom. The predicted molar refractivity (Wildman–Crippen MR) is 68.8 cm³/mol. The number of thiazole rings is 1. The molecule has 0 fully saturated rings. The van der Waals surface area contributed by atoms with Gasteiger partial charge < -0.3 is 10.1 Å². The van der Waals surface area contributed by atoms with Gasteiger partial charge >= 0.3 is 5.97 Å². The van der Waals surface area contributed by atoms with E-state index in [1.165, 1.54) is 18.4 Å². The van der Waals surface area contributed by atoms with E-state index in [2.05, 4.69) is 20.1 Å². The summed E-state index contributed by atoms with van der Waals surface area (Å²) < 4.78 is 6.44. The fourth-order valence-electron chi connectivity index (χ4n) is 1.48. The van der Waals surface area contributed by atoms with E-state index in [0.29, 0.717) is 10.8 Å². The van der Waals surface area contributed by atoms with E-state index in [-0.39, 0.29) is 6.04 Å². The smallest absolute Gasteiger partial charge is 0.357 e. The van der Waals surface area contributed by atoms with Crippen molar-refractivity contribution in [2.24, 2.45) is 0 Å². The first-order valence-corrected chi connectivity index (χ1v) is 6.35. The van der Waals surface area contributed by atoms with Crippen molar-refractivity contribution in [3.63, 3.8) is 0 Å². The highest BCUT2D eigenvalue weighted by molar-refractivity contribution is 7.13. The van der Waals surface area contributed by atoms with Gasteiger partial charge in [0.2, 0.25) is 0 Å². The van der Waals surface area contributed by atoms with Gasteiger partial charge in [0.1, 0.15) is 0 Å². The molecule has 0 bridgehead atoms. The van der Waals surface area contributed by atoms with Crippen molar-refractivity contribution in [2.75, 3.05) is 12.4 Å². The Morgan fingerprint density at radius 3 is 3.17 bits per heavy atom. The van der Waals surface area contributed by atoms with Crippen LogP contribution < -0.4 is 5.32 Å². The Balaban J connectivity index is 1.92. The van der Waals surface area contributed by atoms with Crippen molar-refractivity contribution in [2.45, 2.75) is 19.5 Å². The summed E-state index contributed by atoms with van der Waals surface area (Å²) in [4.78, 5) is 15.4. The summed E-state index contributed by atoms with van der Waals surface area (Å²) in [6.07, 6.45) is 3.64. The van der Waals surface area contributed by atoms with Crippen LogP contribution in [0.2, 0.25) is 0 Å². The molecule has 18 heavy (non-hydrogen) atoms. The van der Waals surface area contributed by atoms with Gasteiger partial charge in [-0.1, -0.05) is 0 Å². The molecule has 96 valence electrons. The summed E-state index contributed by atoms with van der Waals surface area (Å²) in [7, 11) is 1.34. The van der Waals surface area contributed by atoms with Crippen LogP contribution in [0.1, 0.15) is 17.4 Å². The molecule has 2 aromatic heterocycles. The van der Waals surface area contributed by atoms with Gasteiger partial charge in [0.15, 0.2) is 10.8 Å². The molecule has 0 aromatic carbocycles. The standard InChI is InChI=1S/C11H14N4O2S/c1-8(6-15-5-3-4-12-15)13-11-14-9(7-18-11)10(16)17-2/h3-5,7-8H,6H2,1-2H3,(H,13,14). The third kappa shape index (κ3) is 3.07. The molecule has 0 amide bonds. The van der Waals surface area contributed by atoms with E-state index in [4.69, 9.17) is 0 Å². The van der Waals surface area contributed by atoms with Crippen LogP contribution in [0.5, 0.6) is 0 Å². The van der Waals surface area contributed by atoms with E-state index < -0.39 is 5.97 Å². The van der Waals surface area contributed by atoms with E-state index >= 15 is 0 Å². The van der Waals surface area contributed by atoms with E-state index in [1.807, 2.05) is 23.9 Å². The molecule has 0 radical (unpaired) electrons. The number of methoxy groups -OCH3 is 1. The number of anilines is 1. The number of ether oxygens (including phenoxy) is 1. The first-order chi connectivity index (χ1) is 8.69. The summed E-state index contributed by atoms with van der Waals surface area (Å²) in [5.74, 6) is -0.418. The lowest BCUT2D eigenvalue weighted by Gasteiger charge is -2.12. The molecular formula is C11H14N4O2S. The van der Waals surface area contributed by atoms with Crippen LogP contribution in [0.15, 0.2) is 23.8 Å². The molecule has 2 rings (SSSR count). The molecule has 2 heterocycles. The summed E-state index contributed by atoms with van der Waals surface area (Å²) in [5.41, 5.74) is 0.330. The van der Waals surface area contributed by atoms with Gasteiger partial charge in [-0.15, -0.1) is 11.3 Å². The zero-order valence-corrected chi connectivity index (χ0v) is 11.0. The highest BCUT2D eigenvalue weighted by Gasteiger charge is 2.12. The van der Waals surface area contributed by atoms with Gasteiger partial charge in [-0.05, 0) is 13.0 Å². The lowest BCUT2D eigenvalue weighted by Crippen LogP contribution is -2.22. The number of hydrogen-bond acceptors (Lipinski definition) is 6. The quantitative estimate of drug-likeness (QED) is 0.833. The second kappa shape index (κ2) is 5.63. The minimum Gasteiger partial charge on any atom is -0.464 e. The maximum atomic E-state index is 11.2.